The predicted octanol–water partition coefficient (Wildman–Crippen LogP) is 3.26. The first-order valence-corrected chi connectivity index (χ1v) is 10.1. The van der Waals surface area contributed by atoms with Crippen LogP contribution in [0.5, 0.6) is 17.2 Å². The number of para-hydroxylation sites is 1. The van der Waals surface area contributed by atoms with E-state index in [9.17, 15) is 4.79 Å². The largest absolute Gasteiger partial charge is 0.493 e. The molecule has 0 saturated heterocycles. The molecule has 3 rings (SSSR count). The van der Waals surface area contributed by atoms with Crippen molar-refractivity contribution < 1.29 is 23.7 Å². The molecular weight excluding hydrogens is 392 g/mol. The standard InChI is InChI=1S/C21H24N2O5S/c1-4-27-11-10-23-16-12-17(25-2)18(26-3)13-19(16)29-21(23)22-20(24)14-28-15-8-6-5-7-9-15/h5-9,12-13H,4,10-11,14H2,1-3H3. The number of fused-ring (bicyclic) bond motifs is 1. The van der Waals surface area contributed by atoms with Crippen molar-refractivity contribution in [2.24, 2.45) is 4.99 Å². The van der Waals surface area contributed by atoms with Crippen molar-refractivity contribution in [3.63, 3.8) is 0 Å². The Morgan fingerprint density at radius 1 is 1.10 bits per heavy atom. The summed E-state index contributed by atoms with van der Waals surface area (Å²) in [5.41, 5.74) is 0.905. The van der Waals surface area contributed by atoms with Crippen LogP contribution < -0.4 is 19.0 Å². The fourth-order valence-electron chi connectivity index (χ4n) is 2.80. The molecule has 7 nitrogen and oxygen atoms in total. The first-order valence-electron chi connectivity index (χ1n) is 9.24. The Morgan fingerprint density at radius 3 is 2.52 bits per heavy atom. The number of aromatic nitrogens is 1. The summed E-state index contributed by atoms with van der Waals surface area (Å²) in [5, 5.41) is 0. The van der Waals surface area contributed by atoms with Crippen LogP contribution in [-0.2, 0) is 16.1 Å². The zero-order valence-corrected chi connectivity index (χ0v) is 17.5. The van der Waals surface area contributed by atoms with Crippen molar-refractivity contribution >= 4 is 27.5 Å². The van der Waals surface area contributed by atoms with Gasteiger partial charge in [0, 0.05) is 25.3 Å². The Hall–Kier alpha value is -2.84. The third-order valence-corrected chi connectivity index (χ3v) is 5.22. The van der Waals surface area contributed by atoms with E-state index in [0.717, 1.165) is 10.2 Å². The Kier molecular flexibility index (Phi) is 7.26. The molecule has 0 aliphatic carbocycles. The number of carbonyl (C=O) groups is 1. The number of carbonyl (C=O) groups excluding carboxylic acids is 1. The normalized spacial score (nSPS) is 11.6. The average molecular weight is 416 g/mol. The van der Waals surface area contributed by atoms with E-state index in [0.29, 0.717) is 41.8 Å². The summed E-state index contributed by atoms with van der Waals surface area (Å²) in [5.74, 6) is 1.52. The zero-order chi connectivity index (χ0) is 20.6. The molecular formula is C21H24N2O5S. The molecule has 0 N–H and O–H groups in total. The van der Waals surface area contributed by atoms with Crippen LogP contribution in [0.4, 0.5) is 0 Å². The summed E-state index contributed by atoms with van der Waals surface area (Å²) < 4.78 is 24.7. The predicted molar refractivity (Wildman–Crippen MR) is 112 cm³/mol. The molecule has 0 spiro atoms. The van der Waals surface area contributed by atoms with Crippen molar-refractivity contribution in [1.82, 2.24) is 4.57 Å². The SMILES string of the molecule is CCOCCn1c(=NC(=O)COc2ccccc2)sc2cc(OC)c(OC)cc21. The fourth-order valence-corrected chi connectivity index (χ4v) is 3.88. The lowest BCUT2D eigenvalue weighted by Crippen LogP contribution is -2.21. The zero-order valence-electron chi connectivity index (χ0n) is 16.7. The Bertz CT molecular complexity index is 1030. The van der Waals surface area contributed by atoms with Crippen LogP contribution in [0.15, 0.2) is 47.5 Å². The Balaban J connectivity index is 1.94. The summed E-state index contributed by atoms with van der Waals surface area (Å²) in [6.45, 7) is 3.51. The topological polar surface area (TPSA) is 71.3 Å². The molecule has 1 amide bonds. The minimum Gasteiger partial charge on any atom is -0.493 e. The van der Waals surface area contributed by atoms with Gasteiger partial charge in [0.05, 0.1) is 31.0 Å². The van der Waals surface area contributed by atoms with E-state index >= 15 is 0 Å². The molecule has 0 aliphatic rings. The Morgan fingerprint density at radius 2 is 1.83 bits per heavy atom. The van der Waals surface area contributed by atoms with E-state index in [4.69, 9.17) is 18.9 Å². The van der Waals surface area contributed by atoms with Crippen molar-refractivity contribution in [1.29, 1.82) is 0 Å². The molecule has 0 fully saturated rings. The number of methoxy groups -OCH3 is 2. The van der Waals surface area contributed by atoms with Gasteiger partial charge in [0.2, 0.25) is 0 Å². The number of ether oxygens (including phenoxy) is 4. The van der Waals surface area contributed by atoms with Crippen LogP contribution in [0.1, 0.15) is 6.92 Å². The van der Waals surface area contributed by atoms with E-state index in [1.807, 2.05) is 41.8 Å². The van der Waals surface area contributed by atoms with Gasteiger partial charge in [-0.25, -0.2) is 0 Å². The van der Waals surface area contributed by atoms with Crippen LogP contribution in [0, 0.1) is 0 Å². The lowest BCUT2D eigenvalue weighted by molar-refractivity contribution is -0.120. The summed E-state index contributed by atoms with van der Waals surface area (Å²) in [7, 11) is 3.19. The number of rotatable bonds is 9. The number of amides is 1. The third-order valence-electron chi connectivity index (χ3n) is 4.18. The quantitative estimate of drug-likeness (QED) is 0.501. The number of hydrogen-bond acceptors (Lipinski definition) is 6. The molecule has 0 aliphatic heterocycles. The van der Waals surface area contributed by atoms with E-state index in [1.54, 1.807) is 26.4 Å². The van der Waals surface area contributed by atoms with Gasteiger partial charge in [-0.3, -0.25) is 4.79 Å². The highest BCUT2D eigenvalue weighted by atomic mass is 32.1. The van der Waals surface area contributed by atoms with Gasteiger partial charge in [-0.15, -0.1) is 0 Å². The monoisotopic (exact) mass is 416 g/mol. The van der Waals surface area contributed by atoms with Crippen LogP contribution in [-0.4, -0.2) is 44.5 Å². The Labute approximate surface area is 173 Å². The van der Waals surface area contributed by atoms with Gasteiger partial charge in [-0.05, 0) is 19.1 Å². The van der Waals surface area contributed by atoms with Crippen LogP contribution >= 0.6 is 11.3 Å². The minimum absolute atomic E-state index is 0.129. The van der Waals surface area contributed by atoms with Crippen molar-refractivity contribution in [2.75, 3.05) is 34.0 Å². The summed E-state index contributed by atoms with van der Waals surface area (Å²) in [4.78, 5) is 17.3. The van der Waals surface area contributed by atoms with Gasteiger partial charge in [0.1, 0.15) is 5.75 Å². The molecule has 0 bridgehead atoms. The molecule has 0 unspecified atom stereocenters. The highest BCUT2D eigenvalue weighted by molar-refractivity contribution is 7.16. The van der Waals surface area contributed by atoms with Gasteiger partial charge >= 0.3 is 0 Å². The van der Waals surface area contributed by atoms with Crippen molar-refractivity contribution in [3.8, 4) is 17.2 Å². The second-order valence-corrected chi connectivity index (χ2v) is 7.02. The van der Waals surface area contributed by atoms with Crippen molar-refractivity contribution in [3.05, 3.63) is 47.3 Å². The van der Waals surface area contributed by atoms with E-state index in [2.05, 4.69) is 4.99 Å². The molecule has 3 aromatic rings. The summed E-state index contributed by atoms with van der Waals surface area (Å²) in [6.07, 6.45) is 0. The maximum atomic E-state index is 12.4. The van der Waals surface area contributed by atoms with E-state index < -0.39 is 0 Å². The maximum absolute atomic E-state index is 12.4. The molecule has 1 aromatic heterocycles. The molecule has 0 atom stereocenters. The number of hydrogen-bond donors (Lipinski definition) is 0. The number of nitrogens with zero attached hydrogens (tertiary/aromatic N) is 2. The van der Waals surface area contributed by atoms with Gasteiger partial charge in [-0.2, -0.15) is 4.99 Å². The van der Waals surface area contributed by atoms with Gasteiger partial charge in [0.15, 0.2) is 22.9 Å². The lowest BCUT2D eigenvalue weighted by atomic mass is 10.3. The lowest BCUT2D eigenvalue weighted by Gasteiger charge is -2.09. The minimum atomic E-state index is -0.357. The van der Waals surface area contributed by atoms with Crippen LogP contribution in [0.3, 0.4) is 0 Å². The van der Waals surface area contributed by atoms with E-state index in [1.165, 1.54) is 11.3 Å². The second-order valence-electron chi connectivity index (χ2n) is 6.02. The molecule has 154 valence electrons. The van der Waals surface area contributed by atoms with Crippen LogP contribution in [0.2, 0.25) is 0 Å². The van der Waals surface area contributed by atoms with Gasteiger partial charge in [0.25, 0.3) is 5.91 Å². The molecule has 2 aromatic carbocycles. The average Bonchev–Trinajstić information content (AvgIpc) is 3.08. The first kappa shape index (κ1) is 20.9. The van der Waals surface area contributed by atoms with E-state index in [-0.39, 0.29) is 12.5 Å². The highest BCUT2D eigenvalue weighted by Crippen LogP contribution is 2.33. The molecule has 29 heavy (non-hydrogen) atoms. The van der Waals surface area contributed by atoms with Gasteiger partial charge < -0.3 is 23.5 Å². The summed E-state index contributed by atoms with van der Waals surface area (Å²) in [6, 6.07) is 13.0. The van der Waals surface area contributed by atoms with Gasteiger partial charge in [-0.1, -0.05) is 29.5 Å². The fraction of sp³-hybridized carbons (Fsp3) is 0.333. The smallest absolute Gasteiger partial charge is 0.286 e. The third kappa shape index (κ3) is 5.16. The number of benzene rings is 2. The molecule has 0 radical (unpaired) electrons. The van der Waals surface area contributed by atoms with Crippen LogP contribution in [0.25, 0.3) is 10.2 Å². The highest BCUT2D eigenvalue weighted by Gasteiger charge is 2.13. The first-order chi connectivity index (χ1) is 14.2. The maximum Gasteiger partial charge on any atom is 0.286 e. The molecule has 1 heterocycles. The number of thiazole rings is 1. The second kappa shape index (κ2) is 10.1. The van der Waals surface area contributed by atoms with Crippen molar-refractivity contribution in [2.45, 2.75) is 13.5 Å². The summed E-state index contributed by atoms with van der Waals surface area (Å²) >= 11 is 1.41. The molecule has 0 saturated carbocycles. The molecule has 8 heteroatoms.